The number of benzene rings is 1. The Balaban J connectivity index is 2.60. The lowest BCUT2D eigenvalue weighted by Gasteiger charge is -2.13. The molecule has 1 unspecified atom stereocenters. The standard InChI is InChI=1S/C14H17N3O3S/c1-10(6-8-15)21-12-5-3-2-4-11(12)17-14(20)16-9-7-13(18)19/h2-5,10H,6-7,9H2,1H3,(H,18,19)(H2,16,17,20). The molecule has 0 aliphatic heterocycles. The van der Waals surface area contributed by atoms with E-state index in [-0.39, 0.29) is 18.2 Å². The van der Waals surface area contributed by atoms with E-state index in [4.69, 9.17) is 10.4 Å². The number of nitriles is 1. The van der Waals surface area contributed by atoms with E-state index in [1.54, 1.807) is 12.1 Å². The third-order valence-electron chi connectivity index (χ3n) is 2.47. The van der Waals surface area contributed by atoms with Crippen LogP contribution in [0.15, 0.2) is 29.2 Å². The molecule has 1 atom stereocenters. The lowest BCUT2D eigenvalue weighted by molar-refractivity contribution is -0.136. The summed E-state index contributed by atoms with van der Waals surface area (Å²) in [5.41, 5.74) is 0.639. The van der Waals surface area contributed by atoms with Crippen LogP contribution in [-0.2, 0) is 4.79 Å². The van der Waals surface area contributed by atoms with Crippen molar-refractivity contribution in [3.63, 3.8) is 0 Å². The SMILES string of the molecule is CC(CC#N)Sc1ccccc1NC(=O)NCCC(=O)O. The molecular formula is C14H17N3O3S. The Hall–Kier alpha value is -2.20. The van der Waals surface area contributed by atoms with Crippen LogP contribution in [0.2, 0.25) is 0 Å². The zero-order valence-corrected chi connectivity index (χ0v) is 12.4. The predicted molar refractivity (Wildman–Crippen MR) is 81.3 cm³/mol. The summed E-state index contributed by atoms with van der Waals surface area (Å²) in [6.07, 6.45) is 0.298. The van der Waals surface area contributed by atoms with Gasteiger partial charge in [0.2, 0.25) is 0 Å². The minimum absolute atomic E-state index is 0.0707. The summed E-state index contributed by atoms with van der Waals surface area (Å²) in [6, 6.07) is 8.95. The van der Waals surface area contributed by atoms with Crippen LogP contribution in [0.5, 0.6) is 0 Å². The van der Waals surface area contributed by atoms with E-state index < -0.39 is 12.0 Å². The molecule has 0 saturated heterocycles. The fourth-order valence-electron chi connectivity index (χ4n) is 1.51. The molecule has 0 aromatic heterocycles. The molecule has 0 spiro atoms. The Kier molecular flexibility index (Phi) is 7.12. The number of carboxylic acids is 1. The summed E-state index contributed by atoms with van der Waals surface area (Å²) in [4.78, 5) is 22.9. The van der Waals surface area contributed by atoms with Gasteiger partial charge in [-0.3, -0.25) is 4.79 Å². The second-order valence-corrected chi connectivity index (χ2v) is 5.79. The number of urea groups is 1. The van der Waals surface area contributed by atoms with Crippen molar-refractivity contribution in [3.8, 4) is 6.07 Å². The first-order valence-corrected chi connectivity index (χ1v) is 7.30. The number of aliphatic carboxylic acids is 1. The van der Waals surface area contributed by atoms with Gasteiger partial charge >= 0.3 is 12.0 Å². The van der Waals surface area contributed by atoms with Crippen molar-refractivity contribution in [2.75, 3.05) is 11.9 Å². The molecular weight excluding hydrogens is 290 g/mol. The van der Waals surface area contributed by atoms with Gasteiger partial charge in [0.1, 0.15) is 0 Å². The monoisotopic (exact) mass is 307 g/mol. The van der Waals surface area contributed by atoms with Crippen LogP contribution in [-0.4, -0.2) is 28.9 Å². The minimum Gasteiger partial charge on any atom is -0.481 e. The molecule has 3 N–H and O–H groups in total. The molecule has 112 valence electrons. The zero-order chi connectivity index (χ0) is 15.7. The molecule has 6 nitrogen and oxygen atoms in total. The lowest BCUT2D eigenvalue weighted by Crippen LogP contribution is -2.30. The number of anilines is 1. The smallest absolute Gasteiger partial charge is 0.319 e. The van der Waals surface area contributed by atoms with E-state index in [2.05, 4.69) is 16.7 Å². The topological polar surface area (TPSA) is 102 Å². The number of carboxylic acid groups (broad SMARTS) is 1. The van der Waals surface area contributed by atoms with Crippen LogP contribution in [0.25, 0.3) is 0 Å². The Morgan fingerprint density at radius 2 is 2.14 bits per heavy atom. The van der Waals surface area contributed by atoms with Crippen LogP contribution < -0.4 is 10.6 Å². The number of nitrogens with zero attached hydrogens (tertiary/aromatic N) is 1. The van der Waals surface area contributed by atoms with Gasteiger partial charge in [-0.05, 0) is 12.1 Å². The number of rotatable bonds is 7. The molecule has 1 aromatic carbocycles. The van der Waals surface area contributed by atoms with Gasteiger partial charge in [-0.2, -0.15) is 5.26 Å². The van der Waals surface area contributed by atoms with Crippen LogP contribution in [0.3, 0.4) is 0 Å². The summed E-state index contributed by atoms with van der Waals surface area (Å²) in [5, 5.41) is 22.5. The van der Waals surface area contributed by atoms with Crippen LogP contribution >= 0.6 is 11.8 Å². The van der Waals surface area contributed by atoms with Crippen LogP contribution in [0, 0.1) is 11.3 Å². The lowest BCUT2D eigenvalue weighted by atomic mass is 10.3. The minimum atomic E-state index is -0.961. The number of carbonyl (C=O) groups is 2. The number of thioether (sulfide) groups is 1. The van der Waals surface area contributed by atoms with E-state index in [1.165, 1.54) is 11.8 Å². The normalized spacial score (nSPS) is 11.2. The third-order valence-corrected chi connectivity index (χ3v) is 3.65. The van der Waals surface area contributed by atoms with Gasteiger partial charge in [-0.15, -0.1) is 11.8 Å². The van der Waals surface area contributed by atoms with Gasteiger partial charge < -0.3 is 15.7 Å². The quantitative estimate of drug-likeness (QED) is 0.672. The number of carbonyl (C=O) groups excluding carboxylic acids is 1. The average molecular weight is 307 g/mol. The summed E-state index contributed by atoms with van der Waals surface area (Å²) in [6.45, 7) is 2.01. The third kappa shape index (κ3) is 6.68. The number of hydrogen-bond acceptors (Lipinski definition) is 4. The summed E-state index contributed by atoms with van der Waals surface area (Å²) in [7, 11) is 0. The number of nitrogens with one attached hydrogen (secondary N) is 2. The van der Waals surface area contributed by atoms with Gasteiger partial charge in [0.15, 0.2) is 0 Å². The highest BCUT2D eigenvalue weighted by atomic mass is 32.2. The first kappa shape index (κ1) is 16.9. The maximum atomic E-state index is 11.7. The highest BCUT2D eigenvalue weighted by molar-refractivity contribution is 8.00. The Morgan fingerprint density at radius 1 is 1.43 bits per heavy atom. The second-order valence-electron chi connectivity index (χ2n) is 4.31. The van der Waals surface area contributed by atoms with Gasteiger partial charge in [0.05, 0.1) is 18.2 Å². The van der Waals surface area contributed by atoms with Gasteiger partial charge in [-0.1, -0.05) is 19.1 Å². The molecule has 1 rings (SSSR count). The van der Waals surface area contributed by atoms with Crippen LogP contribution in [0.1, 0.15) is 19.8 Å². The molecule has 21 heavy (non-hydrogen) atoms. The van der Waals surface area contributed by atoms with E-state index in [0.29, 0.717) is 12.1 Å². The van der Waals surface area contributed by atoms with E-state index in [9.17, 15) is 9.59 Å². The average Bonchev–Trinajstić information content (AvgIpc) is 2.41. The molecule has 0 aliphatic rings. The van der Waals surface area contributed by atoms with Crippen molar-refractivity contribution < 1.29 is 14.7 Å². The molecule has 2 amide bonds. The van der Waals surface area contributed by atoms with Gasteiger partial charge in [0, 0.05) is 23.1 Å². The maximum absolute atomic E-state index is 11.7. The highest BCUT2D eigenvalue weighted by Gasteiger charge is 2.10. The van der Waals surface area contributed by atoms with Crippen molar-refractivity contribution in [1.29, 1.82) is 5.26 Å². The maximum Gasteiger partial charge on any atom is 0.319 e. The molecule has 7 heteroatoms. The van der Waals surface area contributed by atoms with E-state index >= 15 is 0 Å². The number of para-hydroxylation sites is 1. The first-order valence-electron chi connectivity index (χ1n) is 6.42. The molecule has 0 bridgehead atoms. The summed E-state index contributed by atoms with van der Waals surface area (Å²) >= 11 is 1.51. The van der Waals surface area contributed by atoms with E-state index in [1.807, 2.05) is 19.1 Å². The zero-order valence-electron chi connectivity index (χ0n) is 11.6. The largest absolute Gasteiger partial charge is 0.481 e. The first-order chi connectivity index (χ1) is 10.0. The Morgan fingerprint density at radius 3 is 2.81 bits per heavy atom. The Bertz CT molecular complexity index is 543. The summed E-state index contributed by atoms with van der Waals surface area (Å²) < 4.78 is 0. The van der Waals surface area contributed by atoms with Crippen molar-refractivity contribution >= 4 is 29.4 Å². The fourth-order valence-corrected chi connectivity index (χ4v) is 2.50. The molecule has 0 fully saturated rings. The predicted octanol–water partition coefficient (Wildman–Crippen LogP) is 2.68. The van der Waals surface area contributed by atoms with Crippen molar-refractivity contribution in [2.45, 2.75) is 29.9 Å². The molecule has 0 aliphatic carbocycles. The van der Waals surface area contributed by atoms with Crippen molar-refractivity contribution in [3.05, 3.63) is 24.3 Å². The molecule has 0 radical (unpaired) electrons. The summed E-state index contributed by atoms with van der Waals surface area (Å²) in [5.74, 6) is -0.961. The van der Waals surface area contributed by atoms with Gasteiger partial charge in [0.25, 0.3) is 0 Å². The fraction of sp³-hybridized carbons (Fsp3) is 0.357. The second kappa shape index (κ2) is 8.87. The van der Waals surface area contributed by atoms with Crippen molar-refractivity contribution in [1.82, 2.24) is 5.32 Å². The molecule has 0 heterocycles. The van der Waals surface area contributed by atoms with Gasteiger partial charge in [-0.25, -0.2) is 4.79 Å². The van der Waals surface area contributed by atoms with Crippen molar-refractivity contribution in [2.24, 2.45) is 0 Å². The number of amides is 2. The van der Waals surface area contributed by atoms with E-state index in [0.717, 1.165) is 4.90 Å². The van der Waals surface area contributed by atoms with Crippen LogP contribution in [0.4, 0.5) is 10.5 Å². The number of hydrogen-bond donors (Lipinski definition) is 3. The molecule has 0 saturated carbocycles. The highest BCUT2D eigenvalue weighted by Crippen LogP contribution is 2.31. The molecule has 1 aromatic rings. The Labute approximate surface area is 127 Å².